The maximum Gasteiger partial charge on any atom is 0.500 e. The van der Waals surface area contributed by atoms with E-state index in [-0.39, 0.29) is 5.97 Å². The molecule has 0 aliphatic carbocycles. The summed E-state index contributed by atoms with van der Waals surface area (Å²) in [4.78, 5) is 11.3. The molecule has 5 nitrogen and oxygen atoms in total. The van der Waals surface area contributed by atoms with Crippen LogP contribution < -0.4 is 0 Å². The number of hydrogen-bond acceptors (Lipinski definition) is 5. The van der Waals surface area contributed by atoms with Gasteiger partial charge in [0.1, 0.15) is 0 Å². The molecule has 0 bridgehead atoms. The Morgan fingerprint density at radius 3 is 1.70 bits per heavy atom. The summed E-state index contributed by atoms with van der Waals surface area (Å²) in [7, 11) is -2.45. The van der Waals surface area contributed by atoms with E-state index in [0.29, 0.717) is 26.4 Å². The van der Waals surface area contributed by atoms with Gasteiger partial charge in [-0.15, -0.1) is 0 Å². The van der Waals surface area contributed by atoms with Gasteiger partial charge in [0, 0.05) is 31.9 Å². The lowest BCUT2D eigenvalue weighted by Gasteiger charge is -2.28. The summed E-state index contributed by atoms with van der Waals surface area (Å²) in [6.45, 7) is 10.5. The molecule has 0 radical (unpaired) electrons. The molecule has 0 aromatic rings. The van der Waals surface area contributed by atoms with Crippen LogP contribution in [-0.2, 0) is 22.8 Å². The van der Waals surface area contributed by atoms with Crippen LogP contribution in [0.15, 0.2) is 12.2 Å². The molecule has 0 saturated heterocycles. The molecule has 0 rings (SSSR count). The minimum atomic E-state index is -2.45. The Morgan fingerprint density at radius 1 is 0.741 bits per heavy atom. The van der Waals surface area contributed by atoms with E-state index in [9.17, 15) is 4.79 Å². The van der Waals surface area contributed by atoms with Gasteiger partial charge in [-0.05, 0) is 40.0 Å². The predicted octanol–water partition coefficient (Wildman–Crippen LogP) is 5.67. The molecule has 0 unspecified atom stereocenters. The van der Waals surface area contributed by atoms with Gasteiger partial charge in [0.15, 0.2) is 0 Å². The molecule has 0 aromatic heterocycles. The van der Waals surface area contributed by atoms with Gasteiger partial charge in [-0.25, -0.2) is 4.79 Å². The van der Waals surface area contributed by atoms with Crippen LogP contribution in [0.2, 0.25) is 6.04 Å². The quantitative estimate of drug-likeness (QED) is 0.121. The average molecular weight is 403 g/mol. The van der Waals surface area contributed by atoms with Crippen molar-refractivity contribution in [2.45, 2.75) is 91.5 Å². The largest absolute Gasteiger partial charge is 0.500 e. The highest BCUT2D eigenvalue weighted by molar-refractivity contribution is 6.60. The third-order valence-corrected chi connectivity index (χ3v) is 7.36. The normalized spacial score (nSPS) is 12.0. The van der Waals surface area contributed by atoms with E-state index >= 15 is 0 Å². The standard InChI is InChI=1S/C21H42O5Si/c1-5-9-18-21(22)23-19-16-14-12-10-11-13-15-17-20-27(24-6-2,25-7-3)26-8-4/h9,18H,5-8,10-17,19-20H2,1-4H3. The van der Waals surface area contributed by atoms with Gasteiger partial charge in [0.2, 0.25) is 0 Å². The third-order valence-electron chi connectivity index (χ3n) is 4.20. The molecule has 0 N–H and O–H groups in total. The van der Waals surface area contributed by atoms with Gasteiger partial charge >= 0.3 is 14.8 Å². The van der Waals surface area contributed by atoms with E-state index < -0.39 is 8.80 Å². The Morgan fingerprint density at radius 2 is 1.22 bits per heavy atom. The second kappa shape index (κ2) is 18.7. The summed E-state index contributed by atoms with van der Waals surface area (Å²) < 4.78 is 22.8. The van der Waals surface area contributed by atoms with E-state index in [1.807, 2.05) is 33.8 Å². The van der Waals surface area contributed by atoms with Crippen molar-refractivity contribution in [3.05, 3.63) is 12.2 Å². The lowest BCUT2D eigenvalue weighted by atomic mass is 10.1. The molecule has 0 atom stereocenters. The van der Waals surface area contributed by atoms with Crippen LogP contribution in [0.4, 0.5) is 0 Å². The second-order valence-electron chi connectivity index (χ2n) is 6.54. The molecule has 0 fully saturated rings. The zero-order valence-corrected chi connectivity index (χ0v) is 19.1. The molecule has 6 heteroatoms. The molecule has 160 valence electrons. The molecule has 0 aliphatic heterocycles. The fraction of sp³-hybridized carbons (Fsp3) is 0.857. The van der Waals surface area contributed by atoms with E-state index in [0.717, 1.165) is 31.7 Å². The van der Waals surface area contributed by atoms with Crippen LogP contribution >= 0.6 is 0 Å². The van der Waals surface area contributed by atoms with Gasteiger partial charge in [-0.2, -0.15) is 0 Å². The molecule has 0 aromatic carbocycles. The number of rotatable bonds is 19. The highest BCUT2D eigenvalue weighted by Crippen LogP contribution is 2.20. The fourth-order valence-corrected chi connectivity index (χ4v) is 5.63. The Hall–Kier alpha value is -0.693. The SMILES string of the molecule is CCC=CC(=O)OCCCCCCCCCC[Si](OCC)(OCC)OCC. The van der Waals surface area contributed by atoms with Crippen molar-refractivity contribution in [3.8, 4) is 0 Å². The summed E-state index contributed by atoms with van der Waals surface area (Å²) in [6.07, 6.45) is 13.5. The lowest BCUT2D eigenvalue weighted by Crippen LogP contribution is -2.45. The van der Waals surface area contributed by atoms with Crippen LogP contribution in [0.5, 0.6) is 0 Å². The first-order chi connectivity index (χ1) is 13.1. The number of carbonyl (C=O) groups excluding carboxylic acids is 1. The van der Waals surface area contributed by atoms with Crippen molar-refractivity contribution in [3.63, 3.8) is 0 Å². The Labute approximate surface area is 168 Å². The Bertz CT molecular complexity index is 357. The van der Waals surface area contributed by atoms with Crippen molar-refractivity contribution in [2.75, 3.05) is 26.4 Å². The second-order valence-corrected chi connectivity index (χ2v) is 9.27. The molecule has 0 spiro atoms. The van der Waals surface area contributed by atoms with Gasteiger partial charge in [0.05, 0.1) is 6.61 Å². The zero-order valence-electron chi connectivity index (χ0n) is 18.1. The minimum Gasteiger partial charge on any atom is -0.463 e. The maximum absolute atomic E-state index is 11.3. The Kier molecular flexibility index (Phi) is 18.2. The summed E-state index contributed by atoms with van der Waals surface area (Å²) in [5.41, 5.74) is 0. The fourth-order valence-electron chi connectivity index (χ4n) is 2.94. The summed E-state index contributed by atoms with van der Waals surface area (Å²) in [5, 5.41) is 0. The number of carbonyl (C=O) groups is 1. The van der Waals surface area contributed by atoms with E-state index in [2.05, 4.69) is 0 Å². The maximum atomic E-state index is 11.3. The number of hydrogen-bond donors (Lipinski definition) is 0. The van der Waals surface area contributed by atoms with E-state index in [1.165, 1.54) is 38.2 Å². The molecule has 27 heavy (non-hydrogen) atoms. The summed E-state index contributed by atoms with van der Waals surface area (Å²) in [6, 6.07) is 0.917. The van der Waals surface area contributed by atoms with Crippen molar-refractivity contribution < 1.29 is 22.8 Å². The molecular weight excluding hydrogens is 360 g/mol. The predicted molar refractivity (Wildman–Crippen MR) is 113 cm³/mol. The van der Waals surface area contributed by atoms with Gasteiger partial charge in [-0.3, -0.25) is 0 Å². The molecule has 0 amide bonds. The first-order valence-electron chi connectivity index (χ1n) is 10.9. The number of unbranched alkanes of at least 4 members (excludes halogenated alkanes) is 7. The highest BCUT2D eigenvalue weighted by atomic mass is 28.4. The lowest BCUT2D eigenvalue weighted by molar-refractivity contribution is -0.137. The first kappa shape index (κ1) is 26.3. The molecule has 0 aliphatic rings. The van der Waals surface area contributed by atoms with Crippen LogP contribution in [-0.4, -0.2) is 41.2 Å². The molecule has 0 saturated carbocycles. The van der Waals surface area contributed by atoms with Crippen LogP contribution in [0.1, 0.15) is 85.5 Å². The van der Waals surface area contributed by atoms with Crippen molar-refractivity contribution in [1.29, 1.82) is 0 Å². The summed E-state index contributed by atoms with van der Waals surface area (Å²) >= 11 is 0. The summed E-state index contributed by atoms with van der Waals surface area (Å²) in [5.74, 6) is -0.220. The number of esters is 1. The monoisotopic (exact) mass is 402 g/mol. The smallest absolute Gasteiger partial charge is 0.463 e. The average Bonchev–Trinajstić information content (AvgIpc) is 2.65. The Balaban J connectivity index is 3.64. The van der Waals surface area contributed by atoms with E-state index in [4.69, 9.17) is 18.0 Å². The number of allylic oxidation sites excluding steroid dienone is 1. The molecule has 0 heterocycles. The number of ether oxygens (including phenoxy) is 1. The third kappa shape index (κ3) is 15.0. The van der Waals surface area contributed by atoms with Crippen molar-refractivity contribution in [2.24, 2.45) is 0 Å². The zero-order chi connectivity index (χ0) is 20.2. The minimum absolute atomic E-state index is 0.220. The van der Waals surface area contributed by atoms with Gasteiger partial charge in [-0.1, -0.05) is 51.5 Å². The van der Waals surface area contributed by atoms with Gasteiger partial charge < -0.3 is 18.0 Å². The van der Waals surface area contributed by atoms with Crippen molar-refractivity contribution >= 4 is 14.8 Å². The van der Waals surface area contributed by atoms with Crippen LogP contribution in [0, 0.1) is 0 Å². The van der Waals surface area contributed by atoms with E-state index in [1.54, 1.807) is 0 Å². The first-order valence-corrected chi connectivity index (χ1v) is 12.8. The van der Waals surface area contributed by atoms with Crippen LogP contribution in [0.25, 0.3) is 0 Å². The topological polar surface area (TPSA) is 54.0 Å². The van der Waals surface area contributed by atoms with Crippen LogP contribution in [0.3, 0.4) is 0 Å². The van der Waals surface area contributed by atoms with Crippen molar-refractivity contribution in [1.82, 2.24) is 0 Å². The molecular formula is C21H42O5Si. The van der Waals surface area contributed by atoms with Gasteiger partial charge in [0.25, 0.3) is 0 Å². The highest BCUT2D eigenvalue weighted by Gasteiger charge is 2.39.